The minimum Gasteiger partial charge on any atom is -0.329 e. The summed E-state index contributed by atoms with van der Waals surface area (Å²) in [6.07, 6.45) is 0.609. The van der Waals surface area contributed by atoms with Gasteiger partial charge in [0.25, 0.3) is 0 Å². The number of nitrogens with zero attached hydrogens (tertiary/aromatic N) is 4. The van der Waals surface area contributed by atoms with E-state index in [2.05, 4.69) is 20.3 Å². The second-order valence-electron chi connectivity index (χ2n) is 3.82. The Hall–Kier alpha value is -2.50. The fraction of sp³-hybridized carbons (Fsp3) is 0.167. The Morgan fingerprint density at radius 2 is 1.67 bits per heavy atom. The molecule has 0 saturated heterocycles. The highest BCUT2D eigenvalue weighted by Gasteiger charge is 2.15. The highest BCUT2D eigenvalue weighted by Crippen LogP contribution is 2.15. The minimum absolute atomic E-state index is 0.249. The van der Waals surface area contributed by atoms with Crippen LogP contribution in [0.1, 0.15) is 17.2 Å². The van der Waals surface area contributed by atoms with Gasteiger partial charge < -0.3 is 9.05 Å². The molecule has 0 bridgehead atoms. The first kappa shape index (κ1) is 10.6. The van der Waals surface area contributed by atoms with Crippen molar-refractivity contribution in [1.82, 2.24) is 20.3 Å². The zero-order valence-corrected chi connectivity index (χ0v) is 9.70. The molecule has 18 heavy (non-hydrogen) atoms. The van der Waals surface area contributed by atoms with Crippen LogP contribution in [0, 0.1) is 6.92 Å². The molecule has 0 radical (unpaired) electrons. The Labute approximate surface area is 103 Å². The summed E-state index contributed by atoms with van der Waals surface area (Å²) in [5.74, 6) is 1.63. The van der Waals surface area contributed by atoms with Gasteiger partial charge in [-0.05, 0) is 12.5 Å². The number of aromatic nitrogens is 4. The zero-order chi connectivity index (χ0) is 12.4. The van der Waals surface area contributed by atoms with Gasteiger partial charge in [0.05, 0.1) is 0 Å². The van der Waals surface area contributed by atoms with Crippen molar-refractivity contribution < 1.29 is 9.05 Å². The van der Waals surface area contributed by atoms with Gasteiger partial charge in [0.2, 0.25) is 0 Å². The van der Waals surface area contributed by atoms with Crippen LogP contribution in [0.4, 0.5) is 0 Å². The van der Waals surface area contributed by atoms with Crippen LogP contribution in [0.15, 0.2) is 39.4 Å². The van der Waals surface area contributed by atoms with E-state index in [0.717, 1.165) is 5.56 Å². The average Bonchev–Trinajstić information content (AvgIpc) is 2.99. The van der Waals surface area contributed by atoms with Gasteiger partial charge in [0.15, 0.2) is 11.6 Å². The van der Waals surface area contributed by atoms with E-state index >= 15 is 0 Å². The SMILES string of the molecule is Cc1noc(-c2nc(Cc3ccccc3)no2)n1. The quantitative estimate of drug-likeness (QED) is 0.699. The lowest BCUT2D eigenvalue weighted by Gasteiger charge is -1.93. The molecule has 0 unspecified atom stereocenters. The van der Waals surface area contributed by atoms with E-state index in [1.165, 1.54) is 0 Å². The van der Waals surface area contributed by atoms with Gasteiger partial charge in [0, 0.05) is 6.42 Å². The van der Waals surface area contributed by atoms with E-state index in [1.807, 2.05) is 30.3 Å². The van der Waals surface area contributed by atoms with Gasteiger partial charge >= 0.3 is 11.8 Å². The second kappa shape index (κ2) is 4.40. The van der Waals surface area contributed by atoms with Crippen molar-refractivity contribution >= 4 is 0 Å². The molecule has 2 heterocycles. The summed E-state index contributed by atoms with van der Waals surface area (Å²) in [7, 11) is 0. The average molecular weight is 242 g/mol. The maximum atomic E-state index is 5.08. The minimum atomic E-state index is 0.249. The van der Waals surface area contributed by atoms with E-state index in [9.17, 15) is 0 Å². The molecule has 0 saturated carbocycles. The summed E-state index contributed by atoms with van der Waals surface area (Å²) in [4.78, 5) is 8.24. The fourth-order valence-electron chi connectivity index (χ4n) is 1.58. The molecule has 2 aromatic heterocycles. The maximum Gasteiger partial charge on any atom is 0.316 e. The van der Waals surface area contributed by atoms with Crippen LogP contribution in [0.25, 0.3) is 11.8 Å². The molecular weight excluding hydrogens is 232 g/mol. The largest absolute Gasteiger partial charge is 0.329 e. The molecule has 0 aliphatic rings. The molecule has 0 spiro atoms. The van der Waals surface area contributed by atoms with Crippen LogP contribution in [0.5, 0.6) is 0 Å². The van der Waals surface area contributed by atoms with Gasteiger partial charge in [-0.15, -0.1) is 0 Å². The molecule has 3 aromatic rings. The molecular formula is C12H10N4O2. The number of benzene rings is 1. The monoisotopic (exact) mass is 242 g/mol. The zero-order valence-electron chi connectivity index (χ0n) is 9.70. The van der Waals surface area contributed by atoms with Crippen molar-refractivity contribution in [2.45, 2.75) is 13.3 Å². The van der Waals surface area contributed by atoms with Gasteiger partial charge in [-0.25, -0.2) is 0 Å². The first-order valence-electron chi connectivity index (χ1n) is 5.48. The third-order valence-electron chi connectivity index (χ3n) is 2.38. The Morgan fingerprint density at radius 3 is 2.39 bits per heavy atom. The lowest BCUT2D eigenvalue weighted by molar-refractivity contribution is 0.378. The second-order valence-corrected chi connectivity index (χ2v) is 3.82. The first-order valence-corrected chi connectivity index (χ1v) is 5.48. The van der Waals surface area contributed by atoms with Crippen LogP contribution >= 0.6 is 0 Å². The Balaban J connectivity index is 1.82. The number of hydrogen-bond donors (Lipinski definition) is 0. The van der Waals surface area contributed by atoms with Crippen molar-refractivity contribution in [3.05, 3.63) is 47.5 Å². The molecule has 0 aliphatic heterocycles. The van der Waals surface area contributed by atoms with Gasteiger partial charge in [0.1, 0.15) is 0 Å². The predicted octanol–water partition coefficient (Wildman–Crippen LogP) is 2.02. The predicted molar refractivity (Wildman–Crippen MR) is 61.6 cm³/mol. The van der Waals surface area contributed by atoms with E-state index < -0.39 is 0 Å². The molecule has 90 valence electrons. The van der Waals surface area contributed by atoms with Crippen molar-refractivity contribution in [3.63, 3.8) is 0 Å². The summed E-state index contributed by atoms with van der Waals surface area (Å²) < 4.78 is 10.0. The van der Waals surface area contributed by atoms with E-state index in [-0.39, 0.29) is 11.8 Å². The van der Waals surface area contributed by atoms with Crippen LogP contribution in [0.3, 0.4) is 0 Å². The van der Waals surface area contributed by atoms with E-state index in [1.54, 1.807) is 6.92 Å². The molecule has 3 rings (SSSR count). The molecule has 6 nitrogen and oxygen atoms in total. The fourth-order valence-corrected chi connectivity index (χ4v) is 1.58. The third kappa shape index (κ3) is 2.13. The number of hydrogen-bond acceptors (Lipinski definition) is 6. The topological polar surface area (TPSA) is 77.8 Å². The van der Waals surface area contributed by atoms with Gasteiger partial charge in [-0.1, -0.05) is 40.6 Å². The number of aryl methyl sites for hydroxylation is 1. The van der Waals surface area contributed by atoms with Crippen LogP contribution in [-0.2, 0) is 6.42 Å². The molecule has 0 aliphatic carbocycles. The molecule has 0 amide bonds. The van der Waals surface area contributed by atoms with Crippen molar-refractivity contribution in [3.8, 4) is 11.8 Å². The normalized spacial score (nSPS) is 10.7. The van der Waals surface area contributed by atoms with Gasteiger partial charge in [-0.2, -0.15) is 9.97 Å². The molecule has 1 aromatic carbocycles. The smallest absolute Gasteiger partial charge is 0.316 e. The van der Waals surface area contributed by atoms with Crippen molar-refractivity contribution in [1.29, 1.82) is 0 Å². The maximum absolute atomic E-state index is 5.08. The standard InChI is InChI=1S/C12H10N4O2/c1-8-13-11(17-15-8)12-14-10(16-18-12)7-9-5-3-2-4-6-9/h2-6H,7H2,1H3. The molecule has 6 heteroatoms. The van der Waals surface area contributed by atoms with Crippen LogP contribution in [-0.4, -0.2) is 20.3 Å². The summed E-state index contributed by atoms with van der Waals surface area (Å²) in [5, 5.41) is 7.56. The Morgan fingerprint density at radius 1 is 0.944 bits per heavy atom. The Bertz CT molecular complexity index is 645. The summed E-state index contributed by atoms with van der Waals surface area (Å²) in [5.41, 5.74) is 1.12. The summed E-state index contributed by atoms with van der Waals surface area (Å²) in [6.45, 7) is 1.73. The third-order valence-corrected chi connectivity index (χ3v) is 2.38. The van der Waals surface area contributed by atoms with Crippen LogP contribution < -0.4 is 0 Å². The van der Waals surface area contributed by atoms with Crippen molar-refractivity contribution in [2.24, 2.45) is 0 Å². The van der Waals surface area contributed by atoms with E-state index in [0.29, 0.717) is 18.1 Å². The molecule has 0 N–H and O–H groups in total. The Kier molecular flexibility index (Phi) is 2.60. The molecule has 0 atom stereocenters. The lowest BCUT2D eigenvalue weighted by atomic mass is 10.1. The van der Waals surface area contributed by atoms with Gasteiger partial charge in [-0.3, -0.25) is 0 Å². The van der Waals surface area contributed by atoms with Crippen LogP contribution in [0.2, 0.25) is 0 Å². The van der Waals surface area contributed by atoms with Crippen molar-refractivity contribution in [2.75, 3.05) is 0 Å². The highest BCUT2D eigenvalue weighted by atomic mass is 16.5. The number of rotatable bonds is 3. The van der Waals surface area contributed by atoms with E-state index in [4.69, 9.17) is 9.05 Å². The summed E-state index contributed by atoms with van der Waals surface area (Å²) >= 11 is 0. The summed E-state index contributed by atoms with van der Waals surface area (Å²) in [6, 6.07) is 9.92. The first-order chi connectivity index (χ1) is 8.81. The highest BCUT2D eigenvalue weighted by molar-refractivity contribution is 5.35. The lowest BCUT2D eigenvalue weighted by Crippen LogP contribution is -1.90. The molecule has 0 fully saturated rings.